The first kappa shape index (κ1) is 16.7. The summed E-state index contributed by atoms with van der Waals surface area (Å²) in [6.45, 7) is 1.97. The molecule has 0 bridgehead atoms. The van der Waals surface area contributed by atoms with E-state index in [1.54, 1.807) is 11.8 Å². The molecule has 2 rings (SSSR count). The van der Waals surface area contributed by atoms with Gasteiger partial charge in [-0.25, -0.2) is 0 Å². The summed E-state index contributed by atoms with van der Waals surface area (Å²) in [5.41, 5.74) is 0. The van der Waals surface area contributed by atoms with E-state index in [4.69, 9.17) is 11.6 Å². The summed E-state index contributed by atoms with van der Waals surface area (Å²) in [4.78, 5) is 13.4. The van der Waals surface area contributed by atoms with Gasteiger partial charge in [-0.3, -0.25) is 4.79 Å². The molecule has 1 amide bonds. The zero-order valence-electron chi connectivity index (χ0n) is 12.6. The van der Waals surface area contributed by atoms with E-state index < -0.39 is 0 Å². The Morgan fingerprint density at radius 3 is 2.33 bits per heavy atom. The zero-order chi connectivity index (χ0) is 15.1. The predicted octanol–water partition coefficient (Wildman–Crippen LogP) is 5.05. The highest BCUT2D eigenvalue weighted by molar-refractivity contribution is 8.00. The van der Waals surface area contributed by atoms with Crippen LogP contribution in [0.5, 0.6) is 0 Å². The SMILES string of the molecule is C[C@H](Sc1ccc(Cl)cc1)C(=O)NC1CCCCCCC1. The molecule has 1 atom stereocenters. The van der Waals surface area contributed by atoms with Gasteiger partial charge in [0, 0.05) is 16.0 Å². The van der Waals surface area contributed by atoms with Crippen molar-refractivity contribution < 1.29 is 4.79 Å². The van der Waals surface area contributed by atoms with E-state index in [-0.39, 0.29) is 11.2 Å². The molecule has 0 radical (unpaired) electrons. The zero-order valence-corrected chi connectivity index (χ0v) is 14.2. The molecule has 1 fully saturated rings. The maximum absolute atomic E-state index is 12.3. The van der Waals surface area contributed by atoms with Crippen molar-refractivity contribution in [3.8, 4) is 0 Å². The van der Waals surface area contributed by atoms with Crippen LogP contribution in [0.25, 0.3) is 0 Å². The van der Waals surface area contributed by atoms with Crippen molar-refractivity contribution in [2.24, 2.45) is 0 Å². The van der Waals surface area contributed by atoms with Crippen molar-refractivity contribution in [1.82, 2.24) is 5.32 Å². The molecular weight excluding hydrogens is 302 g/mol. The van der Waals surface area contributed by atoms with Crippen LogP contribution in [0.3, 0.4) is 0 Å². The molecule has 21 heavy (non-hydrogen) atoms. The molecule has 4 heteroatoms. The second kappa shape index (κ2) is 8.70. The van der Waals surface area contributed by atoms with Crippen molar-refractivity contribution in [2.45, 2.75) is 68.1 Å². The number of rotatable bonds is 4. The lowest BCUT2D eigenvalue weighted by Gasteiger charge is -2.22. The van der Waals surface area contributed by atoms with E-state index in [9.17, 15) is 4.79 Å². The molecule has 0 heterocycles. The van der Waals surface area contributed by atoms with Crippen LogP contribution in [-0.2, 0) is 4.79 Å². The monoisotopic (exact) mass is 325 g/mol. The average Bonchev–Trinajstić information content (AvgIpc) is 2.44. The van der Waals surface area contributed by atoms with Gasteiger partial charge in [0.15, 0.2) is 0 Å². The van der Waals surface area contributed by atoms with Crippen LogP contribution in [0.15, 0.2) is 29.2 Å². The number of benzene rings is 1. The summed E-state index contributed by atoms with van der Waals surface area (Å²) in [6, 6.07) is 8.03. The van der Waals surface area contributed by atoms with E-state index in [1.807, 2.05) is 31.2 Å². The highest BCUT2D eigenvalue weighted by Gasteiger charge is 2.19. The molecule has 0 saturated heterocycles. The Morgan fingerprint density at radius 1 is 1.14 bits per heavy atom. The number of thioether (sulfide) groups is 1. The maximum Gasteiger partial charge on any atom is 0.233 e. The van der Waals surface area contributed by atoms with Crippen LogP contribution in [0.4, 0.5) is 0 Å². The van der Waals surface area contributed by atoms with Gasteiger partial charge in [-0.1, -0.05) is 43.7 Å². The molecule has 2 nitrogen and oxygen atoms in total. The van der Waals surface area contributed by atoms with Gasteiger partial charge in [0.2, 0.25) is 5.91 Å². The fourth-order valence-corrected chi connectivity index (χ4v) is 3.69. The van der Waals surface area contributed by atoms with Crippen molar-refractivity contribution in [3.63, 3.8) is 0 Å². The summed E-state index contributed by atoms with van der Waals surface area (Å²) in [5, 5.41) is 3.89. The fourth-order valence-electron chi connectivity index (χ4n) is 2.69. The largest absolute Gasteiger partial charge is 0.352 e. The topological polar surface area (TPSA) is 29.1 Å². The minimum atomic E-state index is -0.0726. The predicted molar refractivity (Wildman–Crippen MR) is 91.0 cm³/mol. The van der Waals surface area contributed by atoms with E-state index >= 15 is 0 Å². The summed E-state index contributed by atoms with van der Waals surface area (Å²) < 4.78 is 0. The lowest BCUT2D eigenvalue weighted by atomic mass is 9.97. The van der Waals surface area contributed by atoms with Crippen LogP contribution >= 0.6 is 23.4 Å². The van der Waals surface area contributed by atoms with E-state index in [0.29, 0.717) is 6.04 Å². The third-order valence-electron chi connectivity index (χ3n) is 3.95. The van der Waals surface area contributed by atoms with Crippen LogP contribution in [0, 0.1) is 0 Å². The standard InChI is InChI=1S/C17H24ClNOS/c1-13(21-16-11-9-14(18)10-12-16)17(20)19-15-7-5-3-2-4-6-8-15/h9-13,15H,2-8H2,1H3,(H,19,20)/t13-/m0/s1. The number of carbonyl (C=O) groups is 1. The Morgan fingerprint density at radius 2 is 1.71 bits per heavy atom. The van der Waals surface area contributed by atoms with Gasteiger partial charge in [0.05, 0.1) is 5.25 Å². The molecule has 1 aliphatic rings. The Bertz CT molecular complexity index is 441. The summed E-state index contributed by atoms with van der Waals surface area (Å²) in [7, 11) is 0. The highest BCUT2D eigenvalue weighted by atomic mass is 35.5. The van der Waals surface area contributed by atoms with E-state index in [0.717, 1.165) is 22.8 Å². The van der Waals surface area contributed by atoms with Gasteiger partial charge < -0.3 is 5.32 Å². The molecule has 0 aromatic heterocycles. The molecule has 0 spiro atoms. The van der Waals surface area contributed by atoms with Crippen LogP contribution < -0.4 is 5.32 Å². The van der Waals surface area contributed by atoms with Crippen molar-refractivity contribution in [2.75, 3.05) is 0 Å². The highest BCUT2D eigenvalue weighted by Crippen LogP contribution is 2.25. The van der Waals surface area contributed by atoms with Gasteiger partial charge in [0.1, 0.15) is 0 Å². The Hall–Kier alpha value is -0.670. The molecule has 1 saturated carbocycles. The smallest absolute Gasteiger partial charge is 0.233 e. The van der Waals surface area contributed by atoms with Crippen LogP contribution in [-0.4, -0.2) is 17.2 Å². The van der Waals surface area contributed by atoms with Crippen LogP contribution in [0.2, 0.25) is 5.02 Å². The summed E-state index contributed by atoms with van der Waals surface area (Å²) in [6.07, 6.45) is 8.70. The normalized spacial score (nSPS) is 18.6. The minimum absolute atomic E-state index is 0.0726. The molecule has 116 valence electrons. The molecule has 1 aromatic carbocycles. The second-order valence-corrected chi connectivity index (χ2v) is 7.62. The summed E-state index contributed by atoms with van der Waals surface area (Å²) >= 11 is 7.47. The van der Waals surface area contributed by atoms with E-state index in [1.165, 1.54) is 32.1 Å². The number of hydrogen-bond donors (Lipinski definition) is 1. The van der Waals surface area contributed by atoms with Gasteiger partial charge in [0.25, 0.3) is 0 Å². The Balaban J connectivity index is 1.82. The number of carbonyl (C=O) groups excluding carboxylic acids is 1. The van der Waals surface area contributed by atoms with Crippen molar-refractivity contribution in [1.29, 1.82) is 0 Å². The van der Waals surface area contributed by atoms with Crippen molar-refractivity contribution in [3.05, 3.63) is 29.3 Å². The van der Waals surface area contributed by atoms with Gasteiger partial charge >= 0.3 is 0 Å². The van der Waals surface area contributed by atoms with Crippen molar-refractivity contribution >= 4 is 29.3 Å². The number of nitrogens with one attached hydrogen (secondary N) is 1. The molecule has 1 N–H and O–H groups in total. The maximum atomic E-state index is 12.3. The molecule has 0 aliphatic heterocycles. The first-order valence-corrected chi connectivity index (χ1v) is 9.13. The average molecular weight is 326 g/mol. The first-order valence-electron chi connectivity index (χ1n) is 7.88. The summed E-state index contributed by atoms with van der Waals surface area (Å²) in [5.74, 6) is 0.153. The van der Waals surface area contributed by atoms with Gasteiger partial charge in [-0.05, 0) is 44.0 Å². The molecule has 1 aliphatic carbocycles. The van der Waals surface area contributed by atoms with Gasteiger partial charge in [-0.2, -0.15) is 0 Å². The minimum Gasteiger partial charge on any atom is -0.352 e. The molecule has 1 aromatic rings. The van der Waals surface area contributed by atoms with Crippen LogP contribution in [0.1, 0.15) is 51.9 Å². The number of amides is 1. The lowest BCUT2D eigenvalue weighted by Crippen LogP contribution is -2.39. The van der Waals surface area contributed by atoms with Gasteiger partial charge in [-0.15, -0.1) is 11.8 Å². The molecular formula is C17H24ClNOS. The Labute approximate surface area is 137 Å². The van der Waals surface area contributed by atoms with E-state index in [2.05, 4.69) is 5.32 Å². The first-order chi connectivity index (χ1) is 10.1. The lowest BCUT2D eigenvalue weighted by molar-refractivity contribution is -0.121. The third-order valence-corrected chi connectivity index (χ3v) is 5.31. The molecule has 0 unspecified atom stereocenters. The Kier molecular flexibility index (Phi) is 6.91. The fraction of sp³-hybridized carbons (Fsp3) is 0.588. The second-order valence-electron chi connectivity index (χ2n) is 5.76. The third kappa shape index (κ3) is 5.91. The number of halogens is 1. The quantitative estimate of drug-likeness (QED) is 0.785. The number of hydrogen-bond acceptors (Lipinski definition) is 2.